The van der Waals surface area contributed by atoms with Crippen LogP contribution in [0.1, 0.15) is 0 Å². The topological polar surface area (TPSA) is 69.2 Å². The van der Waals surface area contributed by atoms with Gasteiger partial charge < -0.3 is 13.7 Å². The van der Waals surface area contributed by atoms with Gasteiger partial charge in [-0.1, -0.05) is 0 Å². The van der Waals surface area contributed by atoms with Crippen LogP contribution in [0.3, 0.4) is 0 Å². The van der Waals surface area contributed by atoms with Crippen LogP contribution in [0.4, 0.5) is 0 Å². The molecular weight excluding hydrogens is 252 g/mol. The van der Waals surface area contributed by atoms with Gasteiger partial charge in [-0.2, -0.15) is 0 Å². The van der Waals surface area contributed by atoms with E-state index in [2.05, 4.69) is 6.07 Å². The zero-order chi connectivity index (χ0) is 11.6. The molecule has 0 saturated carbocycles. The average molecular weight is 263 g/mol. The molecule has 0 amide bonds. The summed E-state index contributed by atoms with van der Waals surface area (Å²) >= 11 is -3.59. The Labute approximate surface area is 98.8 Å². The molecule has 0 heterocycles. The molecule has 0 spiro atoms. The van der Waals surface area contributed by atoms with Crippen LogP contribution < -0.4 is 0 Å². The molecule has 1 aromatic carbocycles. The van der Waals surface area contributed by atoms with Crippen LogP contribution in [0.2, 0.25) is 0 Å². The minimum Gasteiger partial charge on any atom is -0.612 e. The van der Waals surface area contributed by atoms with Gasteiger partial charge in [0.25, 0.3) is 0 Å². The Morgan fingerprint density at radius 1 is 0.867 bits per heavy atom. The Morgan fingerprint density at radius 2 is 1.27 bits per heavy atom. The summed E-state index contributed by atoms with van der Waals surface area (Å²) in [6.45, 7) is 0. The van der Waals surface area contributed by atoms with Crippen molar-refractivity contribution in [2.45, 2.75) is 14.7 Å². The van der Waals surface area contributed by atoms with E-state index in [1.807, 2.05) is 0 Å². The summed E-state index contributed by atoms with van der Waals surface area (Å²) in [5.41, 5.74) is 0. The van der Waals surface area contributed by atoms with Crippen molar-refractivity contribution >= 4 is 33.5 Å². The highest BCUT2D eigenvalue weighted by atomic mass is 32.2. The fourth-order valence-corrected chi connectivity index (χ4v) is 2.84. The minimum atomic E-state index is -1.21. The first-order chi connectivity index (χ1) is 6.91. The van der Waals surface area contributed by atoms with Crippen molar-refractivity contribution in [3.05, 3.63) is 18.2 Å². The third-order valence-corrected chi connectivity index (χ3v) is 4.32. The lowest BCUT2D eigenvalue weighted by Gasteiger charge is -2.10. The normalized spacial score (nSPS) is 17.2. The lowest BCUT2D eigenvalue weighted by molar-refractivity contribution is 0.594. The van der Waals surface area contributed by atoms with E-state index in [1.165, 1.54) is 18.8 Å². The second-order valence-corrected chi connectivity index (χ2v) is 6.98. The standard InChI is InChI=1S/C9H11O3S3/c1-13(10)7-4-8(14(2)11)6-9(5-7)15(3)12/h4-5H,1-3H3. The molecule has 1 radical (unpaired) electrons. The molecule has 0 aliphatic heterocycles. The molecule has 6 heteroatoms. The predicted octanol–water partition coefficient (Wildman–Crippen LogP) is 0.699. The van der Waals surface area contributed by atoms with E-state index in [0.29, 0.717) is 14.7 Å². The molecule has 0 fully saturated rings. The lowest BCUT2D eigenvalue weighted by atomic mass is 10.4. The van der Waals surface area contributed by atoms with Crippen molar-refractivity contribution in [2.75, 3.05) is 18.8 Å². The molecule has 0 aromatic heterocycles. The van der Waals surface area contributed by atoms with Gasteiger partial charge in [0.1, 0.15) is 24.8 Å². The Balaban J connectivity index is 3.20. The van der Waals surface area contributed by atoms with Gasteiger partial charge in [0.2, 0.25) is 0 Å². The van der Waals surface area contributed by atoms with Gasteiger partial charge in [0, 0.05) is 12.1 Å². The fourth-order valence-electron chi connectivity index (χ4n) is 0.969. The molecule has 0 aliphatic carbocycles. The summed E-state index contributed by atoms with van der Waals surface area (Å²) in [5, 5.41) is 0. The molecule has 0 aliphatic rings. The smallest absolute Gasteiger partial charge is 0.170 e. The van der Waals surface area contributed by atoms with Crippen molar-refractivity contribution < 1.29 is 13.7 Å². The van der Waals surface area contributed by atoms with Gasteiger partial charge in [0.05, 0.1) is 0 Å². The number of benzene rings is 1. The van der Waals surface area contributed by atoms with Gasteiger partial charge in [-0.15, -0.1) is 0 Å². The van der Waals surface area contributed by atoms with Crippen LogP contribution in [0.5, 0.6) is 0 Å². The van der Waals surface area contributed by atoms with E-state index in [9.17, 15) is 13.7 Å². The molecule has 0 saturated heterocycles. The molecule has 1 rings (SSSR count). The summed E-state index contributed by atoms with van der Waals surface area (Å²) in [6, 6.07) is 5.95. The zero-order valence-corrected chi connectivity index (χ0v) is 11.1. The molecule has 15 heavy (non-hydrogen) atoms. The molecule has 0 bridgehead atoms. The van der Waals surface area contributed by atoms with Crippen molar-refractivity contribution in [1.29, 1.82) is 0 Å². The average Bonchev–Trinajstić information content (AvgIpc) is 2.16. The first-order valence-electron chi connectivity index (χ1n) is 3.99. The molecule has 3 atom stereocenters. The fraction of sp³-hybridized carbons (Fsp3) is 0.333. The molecule has 83 valence electrons. The second kappa shape index (κ2) is 5.47. The van der Waals surface area contributed by atoms with Crippen molar-refractivity contribution in [3.8, 4) is 0 Å². The van der Waals surface area contributed by atoms with Gasteiger partial charge in [-0.3, -0.25) is 0 Å². The molecule has 1 aromatic rings. The maximum absolute atomic E-state index is 11.3. The number of hydrogen-bond donors (Lipinski definition) is 0. The van der Waals surface area contributed by atoms with Crippen molar-refractivity contribution in [1.82, 2.24) is 0 Å². The van der Waals surface area contributed by atoms with E-state index >= 15 is 0 Å². The molecule has 3 unspecified atom stereocenters. The summed E-state index contributed by atoms with van der Waals surface area (Å²) in [7, 11) is 0. The highest BCUT2D eigenvalue weighted by Crippen LogP contribution is 2.21. The molecule has 0 N–H and O–H groups in total. The Morgan fingerprint density at radius 3 is 1.53 bits per heavy atom. The van der Waals surface area contributed by atoms with E-state index in [1.54, 1.807) is 12.1 Å². The van der Waals surface area contributed by atoms with Gasteiger partial charge in [-0.25, -0.2) is 0 Å². The Bertz CT molecular complexity index is 275. The van der Waals surface area contributed by atoms with Crippen LogP contribution >= 0.6 is 0 Å². The van der Waals surface area contributed by atoms with E-state index in [-0.39, 0.29) is 0 Å². The van der Waals surface area contributed by atoms with E-state index in [4.69, 9.17) is 0 Å². The number of rotatable bonds is 3. The third-order valence-electron chi connectivity index (χ3n) is 1.74. The van der Waals surface area contributed by atoms with Gasteiger partial charge in [0.15, 0.2) is 14.7 Å². The van der Waals surface area contributed by atoms with Gasteiger partial charge >= 0.3 is 0 Å². The van der Waals surface area contributed by atoms with Gasteiger partial charge in [-0.05, 0) is 33.5 Å². The van der Waals surface area contributed by atoms with Crippen molar-refractivity contribution in [3.63, 3.8) is 0 Å². The third kappa shape index (κ3) is 3.58. The lowest BCUT2D eigenvalue weighted by Crippen LogP contribution is -2.07. The first-order valence-corrected chi connectivity index (χ1v) is 8.67. The second-order valence-electron chi connectivity index (χ2n) is 2.91. The van der Waals surface area contributed by atoms with Crippen LogP contribution in [-0.2, 0) is 33.5 Å². The van der Waals surface area contributed by atoms with E-state index in [0.717, 1.165) is 0 Å². The Hall–Kier alpha value is 0.150. The van der Waals surface area contributed by atoms with Crippen LogP contribution in [0.15, 0.2) is 26.8 Å². The summed E-state index contributed by atoms with van der Waals surface area (Å²) in [6.07, 6.45) is 4.55. The Kier molecular flexibility index (Phi) is 4.82. The highest BCUT2D eigenvalue weighted by molar-refractivity contribution is 7.92. The summed E-state index contributed by atoms with van der Waals surface area (Å²) in [5.74, 6) is 0. The minimum absolute atomic E-state index is 0.438. The van der Waals surface area contributed by atoms with Crippen LogP contribution in [0, 0.1) is 6.07 Å². The monoisotopic (exact) mass is 263 g/mol. The summed E-state index contributed by atoms with van der Waals surface area (Å²) in [4.78, 5) is 1.41. The molecule has 3 nitrogen and oxygen atoms in total. The quantitative estimate of drug-likeness (QED) is 0.754. The number of hydrogen-bond acceptors (Lipinski definition) is 3. The van der Waals surface area contributed by atoms with Crippen molar-refractivity contribution in [2.24, 2.45) is 0 Å². The first kappa shape index (κ1) is 13.2. The maximum Gasteiger partial charge on any atom is 0.170 e. The maximum atomic E-state index is 11.3. The predicted molar refractivity (Wildman–Crippen MR) is 62.3 cm³/mol. The zero-order valence-electron chi connectivity index (χ0n) is 8.60. The highest BCUT2D eigenvalue weighted by Gasteiger charge is 2.18. The molecular formula is C9H11O3S3. The SMILES string of the molecule is C[S+]([O-])c1[c]c([S+](C)[O-])cc([S+](C)[O-])c1. The van der Waals surface area contributed by atoms with Crippen LogP contribution in [-0.4, -0.2) is 32.4 Å². The largest absolute Gasteiger partial charge is 0.612 e. The summed E-state index contributed by atoms with van der Waals surface area (Å²) < 4.78 is 33.8. The van der Waals surface area contributed by atoms with E-state index < -0.39 is 33.5 Å². The van der Waals surface area contributed by atoms with Crippen LogP contribution in [0.25, 0.3) is 0 Å².